The number of rotatable bonds is 1. The number of carbonyl (C=O) groups excluding carboxylic acids is 2. The van der Waals surface area contributed by atoms with Gasteiger partial charge in [-0.1, -0.05) is 6.92 Å². The monoisotopic (exact) mass is 236 g/mol. The third kappa shape index (κ3) is 1.74. The van der Waals surface area contributed by atoms with Gasteiger partial charge in [0.1, 0.15) is 12.6 Å². The van der Waals surface area contributed by atoms with Crippen molar-refractivity contribution >= 4 is 11.8 Å². The van der Waals surface area contributed by atoms with Crippen LogP contribution in [0.3, 0.4) is 0 Å². The molecule has 17 heavy (non-hydrogen) atoms. The summed E-state index contributed by atoms with van der Waals surface area (Å²) < 4.78 is 0. The van der Waals surface area contributed by atoms with E-state index in [9.17, 15) is 9.59 Å². The topological polar surface area (TPSA) is 40.6 Å². The lowest BCUT2D eigenvalue weighted by Gasteiger charge is -2.49. The molecule has 1 atom stereocenters. The molecule has 94 valence electrons. The largest absolute Gasteiger partial charge is 0.329 e. The lowest BCUT2D eigenvalue weighted by Crippen LogP contribution is -2.64. The highest BCUT2D eigenvalue weighted by Gasteiger charge is 2.44. The van der Waals surface area contributed by atoms with Gasteiger partial charge < -0.3 is 9.80 Å². The van der Waals surface area contributed by atoms with Gasteiger partial charge in [0.25, 0.3) is 0 Å². The minimum atomic E-state index is -0.138. The number of hydrogen-bond donors (Lipinski definition) is 0. The number of nitrogens with zero attached hydrogens (tertiary/aromatic N) is 2. The fourth-order valence-corrected chi connectivity index (χ4v) is 3.42. The quantitative estimate of drug-likeness (QED) is 0.681. The molecule has 0 spiro atoms. The molecule has 2 amide bonds. The summed E-state index contributed by atoms with van der Waals surface area (Å²) in [4.78, 5) is 28.1. The fourth-order valence-electron chi connectivity index (χ4n) is 3.42. The van der Waals surface area contributed by atoms with E-state index in [-0.39, 0.29) is 17.9 Å². The Bertz CT molecular complexity index is 349. The summed E-state index contributed by atoms with van der Waals surface area (Å²) in [6, 6.07) is 0.200. The molecule has 0 aromatic heterocycles. The number of amides is 2. The third-order valence-electron chi connectivity index (χ3n) is 4.49. The summed E-state index contributed by atoms with van der Waals surface area (Å²) in [7, 11) is 0. The van der Waals surface area contributed by atoms with E-state index in [0.717, 1.165) is 38.6 Å². The molecule has 4 nitrogen and oxygen atoms in total. The van der Waals surface area contributed by atoms with Crippen molar-refractivity contribution in [1.29, 1.82) is 0 Å². The Morgan fingerprint density at radius 3 is 2.59 bits per heavy atom. The number of carbonyl (C=O) groups is 2. The van der Waals surface area contributed by atoms with Gasteiger partial charge >= 0.3 is 0 Å². The van der Waals surface area contributed by atoms with Gasteiger partial charge in [-0.3, -0.25) is 9.59 Å². The maximum Gasteiger partial charge on any atom is 0.246 e. The van der Waals surface area contributed by atoms with Gasteiger partial charge in [0, 0.05) is 12.6 Å². The summed E-state index contributed by atoms with van der Waals surface area (Å²) in [5.74, 6) is 1.09. The Labute approximate surface area is 102 Å². The Balaban J connectivity index is 1.75. The van der Waals surface area contributed by atoms with E-state index in [2.05, 4.69) is 6.92 Å². The highest BCUT2D eigenvalue weighted by atomic mass is 16.2. The first-order valence-electron chi connectivity index (χ1n) is 6.77. The molecule has 1 saturated carbocycles. The van der Waals surface area contributed by atoms with E-state index in [1.165, 1.54) is 0 Å². The van der Waals surface area contributed by atoms with Gasteiger partial charge in [0.05, 0.1) is 0 Å². The predicted molar refractivity (Wildman–Crippen MR) is 63.3 cm³/mol. The average Bonchev–Trinajstić information content (AvgIpc) is 2.30. The van der Waals surface area contributed by atoms with E-state index in [4.69, 9.17) is 0 Å². The fraction of sp³-hybridized carbons (Fsp3) is 0.846. The van der Waals surface area contributed by atoms with Gasteiger partial charge in [0.15, 0.2) is 0 Å². The van der Waals surface area contributed by atoms with Crippen LogP contribution in [0.1, 0.15) is 39.0 Å². The zero-order valence-corrected chi connectivity index (χ0v) is 10.4. The van der Waals surface area contributed by atoms with Crippen molar-refractivity contribution in [2.24, 2.45) is 5.92 Å². The van der Waals surface area contributed by atoms with Crippen molar-refractivity contribution in [1.82, 2.24) is 9.80 Å². The van der Waals surface area contributed by atoms with Crippen LogP contribution in [0.15, 0.2) is 0 Å². The van der Waals surface area contributed by atoms with Gasteiger partial charge in [0.2, 0.25) is 11.8 Å². The molecule has 2 heterocycles. The molecule has 1 unspecified atom stereocenters. The zero-order chi connectivity index (χ0) is 12.0. The number of fused-ring (bicyclic) bond motifs is 1. The van der Waals surface area contributed by atoms with Crippen molar-refractivity contribution in [2.45, 2.75) is 51.1 Å². The van der Waals surface area contributed by atoms with Crippen molar-refractivity contribution < 1.29 is 9.59 Å². The lowest BCUT2D eigenvalue weighted by atomic mass is 9.80. The van der Waals surface area contributed by atoms with Crippen LogP contribution in [-0.2, 0) is 9.59 Å². The Morgan fingerprint density at radius 2 is 1.88 bits per heavy atom. The number of hydrogen-bond acceptors (Lipinski definition) is 2. The van der Waals surface area contributed by atoms with Crippen molar-refractivity contribution in [2.75, 3.05) is 13.1 Å². The highest BCUT2D eigenvalue weighted by molar-refractivity contribution is 5.95. The maximum atomic E-state index is 12.4. The molecule has 0 bridgehead atoms. The molecule has 0 N–H and O–H groups in total. The van der Waals surface area contributed by atoms with Crippen LogP contribution in [0.5, 0.6) is 0 Å². The first-order valence-corrected chi connectivity index (χ1v) is 6.77. The van der Waals surface area contributed by atoms with E-state index >= 15 is 0 Å². The summed E-state index contributed by atoms with van der Waals surface area (Å²) in [6.07, 6.45) is 5.14. The zero-order valence-electron chi connectivity index (χ0n) is 10.4. The van der Waals surface area contributed by atoms with Gasteiger partial charge in [-0.25, -0.2) is 0 Å². The number of piperidine rings is 1. The second-order valence-corrected chi connectivity index (χ2v) is 5.80. The summed E-state index contributed by atoms with van der Waals surface area (Å²) >= 11 is 0. The second kappa shape index (κ2) is 4.00. The molecular weight excluding hydrogens is 216 g/mol. The molecule has 0 aromatic rings. The first kappa shape index (κ1) is 11.1. The van der Waals surface area contributed by atoms with Crippen LogP contribution in [0, 0.1) is 5.92 Å². The standard InChI is InChI=1S/C13H20N2O2/c1-9-6-10(7-9)15-8-12(16)14-5-3-2-4-11(14)13(15)17/h9-11H,2-8H2,1H3. The molecule has 2 aliphatic heterocycles. The smallest absolute Gasteiger partial charge is 0.246 e. The minimum Gasteiger partial charge on any atom is -0.329 e. The molecule has 0 radical (unpaired) electrons. The van der Waals surface area contributed by atoms with Crippen LogP contribution >= 0.6 is 0 Å². The normalized spacial score (nSPS) is 37.8. The third-order valence-corrected chi connectivity index (χ3v) is 4.49. The van der Waals surface area contributed by atoms with Gasteiger partial charge in [-0.05, 0) is 38.0 Å². The van der Waals surface area contributed by atoms with Crippen LogP contribution in [0.4, 0.5) is 0 Å². The van der Waals surface area contributed by atoms with E-state index in [1.807, 2.05) is 9.80 Å². The van der Waals surface area contributed by atoms with Crippen molar-refractivity contribution in [3.8, 4) is 0 Å². The van der Waals surface area contributed by atoms with Crippen LogP contribution in [-0.4, -0.2) is 46.8 Å². The van der Waals surface area contributed by atoms with E-state index in [0.29, 0.717) is 18.5 Å². The summed E-state index contributed by atoms with van der Waals surface area (Å²) in [5.41, 5.74) is 0. The van der Waals surface area contributed by atoms with E-state index < -0.39 is 0 Å². The average molecular weight is 236 g/mol. The van der Waals surface area contributed by atoms with Gasteiger partial charge in [-0.15, -0.1) is 0 Å². The number of piperazine rings is 1. The Hall–Kier alpha value is -1.06. The molecule has 0 aromatic carbocycles. The molecule has 3 rings (SSSR count). The summed E-state index contributed by atoms with van der Waals surface area (Å²) in [5, 5.41) is 0. The molecule has 2 saturated heterocycles. The Kier molecular flexibility index (Phi) is 2.60. The Morgan fingerprint density at radius 1 is 1.12 bits per heavy atom. The van der Waals surface area contributed by atoms with E-state index in [1.54, 1.807) is 0 Å². The van der Waals surface area contributed by atoms with Crippen LogP contribution < -0.4 is 0 Å². The minimum absolute atomic E-state index is 0.138. The maximum absolute atomic E-state index is 12.4. The predicted octanol–water partition coefficient (Wildman–Crippen LogP) is 1.01. The molecule has 1 aliphatic carbocycles. The molecule has 4 heteroatoms. The van der Waals surface area contributed by atoms with Crippen LogP contribution in [0.25, 0.3) is 0 Å². The molecular formula is C13H20N2O2. The summed E-state index contributed by atoms with van der Waals surface area (Å²) in [6.45, 7) is 3.32. The first-order chi connectivity index (χ1) is 8.16. The van der Waals surface area contributed by atoms with Crippen LogP contribution in [0.2, 0.25) is 0 Å². The second-order valence-electron chi connectivity index (χ2n) is 5.80. The molecule has 3 aliphatic rings. The SMILES string of the molecule is CC1CC(N2CC(=O)N3CCCCC3C2=O)C1. The van der Waals surface area contributed by atoms with Gasteiger partial charge in [-0.2, -0.15) is 0 Å². The highest BCUT2D eigenvalue weighted by Crippen LogP contribution is 2.34. The molecule has 3 fully saturated rings. The lowest BCUT2D eigenvalue weighted by molar-refractivity contribution is -0.162. The van der Waals surface area contributed by atoms with Crippen molar-refractivity contribution in [3.63, 3.8) is 0 Å². The van der Waals surface area contributed by atoms with Crippen molar-refractivity contribution in [3.05, 3.63) is 0 Å².